The van der Waals surface area contributed by atoms with Crippen LogP contribution in [0.5, 0.6) is 0 Å². The van der Waals surface area contributed by atoms with E-state index in [0.29, 0.717) is 23.8 Å². The number of nitrogens with one attached hydrogen (secondary N) is 1. The summed E-state index contributed by atoms with van der Waals surface area (Å²) in [6.45, 7) is 6.03. The maximum absolute atomic E-state index is 14.2. The minimum Gasteiger partial charge on any atom is -0.369 e. The van der Waals surface area contributed by atoms with Crippen molar-refractivity contribution in [2.45, 2.75) is 38.6 Å². The van der Waals surface area contributed by atoms with Crippen molar-refractivity contribution in [2.75, 3.05) is 38.1 Å². The van der Waals surface area contributed by atoms with E-state index in [0.717, 1.165) is 56.5 Å². The molecule has 0 bridgehead atoms. The van der Waals surface area contributed by atoms with Crippen LogP contribution in [0, 0.1) is 17.7 Å². The predicted molar refractivity (Wildman–Crippen MR) is 114 cm³/mol. The number of fused-ring (bicyclic) bond motifs is 1. The second-order valence-corrected chi connectivity index (χ2v) is 8.93. The van der Waals surface area contributed by atoms with Gasteiger partial charge in [0.2, 0.25) is 5.91 Å². The summed E-state index contributed by atoms with van der Waals surface area (Å²) < 4.78 is 14.2. The lowest BCUT2D eigenvalue weighted by Crippen LogP contribution is -2.51. The molecule has 2 atom stereocenters. The van der Waals surface area contributed by atoms with Crippen LogP contribution in [0.2, 0.25) is 0 Å². The molecule has 3 heterocycles. The zero-order valence-corrected chi connectivity index (χ0v) is 17.4. The van der Waals surface area contributed by atoms with Gasteiger partial charge >= 0.3 is 0 Å². The van der Waals surface area contributed by atoms with Crippen LogP contribution >= 0.6 is 0 Å². The summed E-state index contributed by atoms with van der Waals surface area (Å²) in [6, 6.07) is 7.23. The smallest absolute Gasteiger partial charge is 0.220 e. The van der Waals surface area contributed by atoms with E-state index < -0.39 is 0 Å². The fraction of sp³-hybridized carbons (Fsp3) is 0.565. The molecule has 1 aromatic carbocycles. The first-order valence-corrected chi connectivity index (χ1v) is 10.8. The van der Waals surface area contributed by atoms with Crippen LogP contribution in [0.3, 0.4) is 0 Å². The Bertz CT molecular complexity index is 865. The highest BCUT2D eigenvalue weighted by Gasteiger charge is 2.28. The van der Waals surface area contributed by atoms with Gasteiger partial charge in [0, 0.05) is 42.8 Å². The van der Waals surface area contributed by atoms with E-state index in [1.54, 1.807) is 6.20 Å². The number of aromatic nitrogens is 1. The van der Waals surface area contributed by atoms with Gasteiger partial charge in [-0.05, 0) is 75.5 Å². The Morgan fingerprint density at radius 3 is 2.83 bits per heavy atom. The minimum atomic E-state index is -0.294. The Hall–Kier alpha value is -2.21. The topological polar surface area (TPSA) is 48.5 Å². The Labute approximate surface area is 172 Å². The number of hydrogen-bond acceptors (Lipinski definition) is 4. The van der Waals surface area contributed by atoms with Crippen LogP contribution in [-0.4, -0.2) is 55.1 Å². The third-order valence-electron chi connectivity index (χ3n) is 6.38. The quantitative estimate of drug-likeness (QED) is 0.857. The number of hydrogen-bond donors (Lipinski definition) is 1. The summed E-state index contributed by atoms with van der Waals surface area (Å²) in [6.07, 6.45) is 5.44. The van der Waals surface area contributed by atoms with E-state index in [-0.39, 0.29) is 17.8 Å². The molecule has 1 amide bonds. The lowest BCUT2D eigenvalue weighted by atomic mass is 9.92. The normalized spacial score (nSPS) is 24.0. The number of carbonyl (C=O) groups is 1. The number of benzene rings is 1. The van der Waals surface area contributed by atoms with E-state index in [4.69, 9.17) is 0 Å². The number of halogens is 1. The Kier molecular flexibility index (Phi) is 5.99. The molecule has 5 nitrogen and oxygen atoms in total. The fourth-order valence-corrected chi connectivity index (χ4v) is 4.87. The van der Waals surface area contributed by atoms with Gasteiger partial charge in [0.25, 0.3) is 0 Å². The summed E-state index contributed by atoms with van der Waals surface area (Å²) in [5.74, 6) is 0.825. The molecule has 0 spiro atoms. The average Bonchev–Trinajstić information content (AvgIpc) is 2.70. The molecule has 0 saturated carbocycles. The lowest BCUT2D eigenvalue weighted by Gasteiger charge is -2.39. The highest BCUT2D eigenvalue weighted by Crippen LogP contribution is 2.31. The molecule has 0 unspecified atom stereocenters. The number of anilines is 1. The van der Waals surface area contributed by atoms with Gasteiger partial charge in [-0.2, -0.15) is 0 Å². The second-order valence-electron chi connectivity index (χ2n) is 8.93. The molecule has 2 aliphatic rings. The van der Waals surface area contributed by atoms with Crippen LogP contribution in [0.1, 0.15) is 32.6 Å². The maximum Gasteiger partial charge on any atom is 0.220 e. The first-order valence-electron chi connectivity index (χ1n) is 10.8. The Morgan fingerprint density at radius 1 is 1.24 bits per heavy atom. The highest BCUT2D eigenvalue weighted by atomic mass is 19.1. The van der Waals surface area contributed by atoms with Crippen molar-refractivity contribution in [1.82, 2.24) is 15.2 Å². The van der Waals surface area contributed by atoms with Gasteiger partial charge in [0.05, 0.1) is 0 Å². The van der Waals surface area contributed by atoms with Crippen molar-refractivity contribution in [1.29, 1.82) is 0 Å². The molecule has 2 aromatic rings. The molecule has 1 N–H and O–H groups in total. The Morgan fingerprint density at radius 2 is 2.03 bits per heavy atom. The van der Waals surface area contributed by atoms with Crippen molar-refractivity contribution < 1.29 is 9.18 Å². The molecule has 0 radical (unpaired) electrons. The standard InChI is InChI=1S/C23H31FN4O/c1-16-12-18(26-22(29)13-17-7-10-27(2)11-8-17)15-28(14-16)21-6-5-20(24)23-19(21)4-3-9-25-23/h3-6,9,16-18H,7-8,10-15H2,1-2H3,(H,26,29)/t16-,18+/m0/s1. The molecular weight excluding hydrogens is 367 g/mol. The molecule has 2 fully saturated rings. The average molecular weight is 399 g/mol. The van der Waals surface area contributed by atoms with Gasteiger partial charge in [0.15, 0.2) is 0 Å². The van der Waals surface area contributed by atoms with Crippen LogP contribution in [0.15, 0.2) is 30.5 Å². The third-order valence-corrected chi connectivity index (χ3v) is 6.38. The van der Waals surface area contributed by atoms with Gasteiger partial charge < -0.3 is 15.1 Å². The minimum absolute atomic E-state index is 0.120. The first-order chi connectivity index (χ1) is 14.0. The number of rotatable bonds is 4. The number of likely N-dealkylation sites (tertiary alicyclic amines) is 1. The van der Waals surface area contributed by atoms with E-state index in [1.165, 1.54) is 6.07 Å². The van der Waals surface area contributed by atoms with E-state index >= 15 is 0 Å². The van der Waals surface area contributed by atoms with E-state index in [2.05, 4.69) is 34.1 Å². The third kappa shape index (κ3) is 4.69. The number of pyridine rings is 1. The second kappa shape index (κ2) is 8.66. The number of amides is 1. The SMILES string of the molecule is C[C@H]1C[C@@H](NC(=O)CC2CCN(C)CC2)CN(c2ccc(F)c3ncccc23)C1. The van der Waals surface area contributed by atoms with Crippen molar-refractivity contribution in [3.63, 3.8) is 0 Å². The zero-order chi connectivity index (χ0) is 20.4. The molecule has 29 heavy (non-hydrogen) atoms. The Balaban J connectivity index is 1.43. The number of piperidine rings is 2. The summed E-state index contributed by atoms with van der Waals surface area (Å²) >= 11 is 0. The largest absolute Gasteiger partial charge is 0.369 e. The van der Waals surface area contributed by atoms with Crippen LogP contribution in [0.4, 0.5) is 10.1 Å². The molecule has 156 valence electrons. The molecular formula is C23H31FN4O. The summed E-state index contributed by atoms with van der Waals surface area (Å²) in [4.78, 5) is 21.5. The highest BCUT2D eigenvalue weighted by molar-refractivity contribution is 5.92. The summed E-state index contributed by atoms with van der Waals surface area (Å²) in [7, 11) is 2.14. The van der Waals surface area contributed by atoms with Crippen LogP contribution in [0.25, 0.3) is 10.9 Å². The molecule has 2 saturated heterocycles. The van der Waals surface area contributed by atoms with Gasteiger partial charge in [-0.15, -0.1) is 0 Å². The molecule has 0 aliphatic carbocycles. The summed E-state index contributed by atoms with van der Waals surface area (Å²) in [5.41, 5.74) is 1.40. The van der Waals surface area contributed by atoms with E-state index in [9.17, 15) is 9.18 Å². The lowest BCUT2D eigenvalue weighted by molar-refractivity contribution is -0.123. The fourth-order valence-electron chi connectivity index (χ4n) is 4.87. The van der Waals surface area contributed by atoms with Crippen molar-refractivity contribution in [3.05, 3.63) is 36.3 Å². The monoisotopic (exact) mass is 398 g/mol. The van der Waals surface area contributed by atoms with Crippen molar-refractivity contribution in [3.8, 4) is 0 Å². The predicted octanol–water partition coefficient (Wildman–Crippen LogP) is 3.44. The number of carbonyl (C=O) groups excluding carboxylic acids is 1. The van der Waals surface area contributed by atoms with E-state index in [1.807, 2.05) is 18.2 Å². The summed E-state index contributed by atoms with van der Waals surface area (Å²) in [5, 5.41) is 4.11. The molecule has 4 rings (SSSR count). The van der Waals surface area contributed by atoms with Gasteiger partial charge in [-0.1, -0.05) is 6.92 Å². The van der Waals surface area contributed by atoms with Gasteiger partial charge in [-0.25, -0.2) is 4.39 Å². The van der Waals surface area contributed by atoms with Crippen molar-refractivity contribution >= 4 is 22.5 Å². The van der Waals surface area contributed by atoms with Gasteiger partial charge in [0.1, 0.15) is 11.3 Å². The first kappa shape index (κ1) is 20.1. The molecule has 2 aliphatic heterocycles. The van der Waals surface area contributed by atoms with Crippen LogP contribution < -0.4 is 10.2 Å². The van der Waals surface area contributed by atoms with Crippen molar-refractivity contribution in [2.24, 2.45) is 11.8 Å². The number of nitrogens with zero attached hydrogens (tertiary/aromatic N) is 3. The van der Waals surface area contributed by atoms with Crippen LogP contribution in [-0.2, 0) is 4.79 Å². The van der Waals surface area contributed by atoms with Gasteiger partial charge in [-0.3, -0.25) is 9.78 Å². The molecule has 6 heteroatoms. The maximum atomic E-state index is 14.2. The zero-order valence-electron chi connectivity index (χ0n) is 17.4. The molecule has 1 aromatic heterocycles.